The van der Waals surface area contributed by atoms with E-state index in [-0.39, 0.29) is 0 Å². The van der Waals surface area contributed by atoms with E-state index >= 15 is 0 Å². The molecule has 0 spiro atoms. The molecule has 88 valence electrons. The summed E-state index contributed by atoms with van der Waals surface area (Å²) in [5.41, 5.74) is 0.942. The van der Waals surface area contributed by atoms with Gasteiger partial charge in [-0.1, -0.05) is 18.5 Å². The Morgan fingerprint density at radius 2 is 2.19 bits per heavy atom. The molecule has 1 heterocycles. The van der Waals surface area contributed by atoms with Crippen LogP contribution in [-0.2, 0) is 6.54 Å². The predicted octanol–water partition coefficient (Wildman–Crippen LogP) is 2.67. The Labute approximate surface area is 102 Å². The third-order valence-electron chi connectivity index (χ3n) is 2.89. The van der Waals surface area contributed by atoms with Crippen LogP contribution >= 0.6 is 11.6 Å². The number of hydrogen-bond donors (Lipinski definition) is 0. The van der Waals surface area contributed by atoms with E-state index in [4.69, 9.17) is 11.6 Å². The van der Waals surface area contributed by atoms with Crippen molar-refractivity contribution in [2.45, 2.75) is 33.2 Å². The first kappa shape index (κ1) is 11.8. The van der Waals surface area contributed by atoms with E-state index in [2.05, 4.69) is 21.8 Å². The van der Waals surface area contributed by atoms with Crippen LogP contribution in [0.5, 0.6) is 0 Å². The molecule has 0 N–H and O–H groups in total. The van der Waals surface area contributed by atoms with Gasteiger partial charge in [-0.3, -0.25) is 4.90 Å². The van der Waals surface area contributed by atoms with Crippen LogP contribution in [0.1, 0.15) is 31.3 Å². The second-order valence-corrected chi connectivity index (χ2v) is 4.91. The second kappa shape index (κ2) is 5.11. The maximum atomic E-state index is 5.93. The zero-order valence-corrected chi connectivity index (χ0v) is 10.7. The molecule has 1 fully saturated rings. The van der Waals surface area contributed by atoms with Crippen LogP contribution in [0.2, 0.25) is 5.15 Å². The van der Waals surface area contributed by atoms with Gasteiger partial charge in [0.05, 0.1) is 6.54 Å². The smallest absolute Gasteiger partial charge is 0.144 e. The average molecular weight is 240 g/mol. The fourth-order valence-corrected chi connectivity index (χ4v) is 2.09. The topological polar surface area (TPSA) is 29.0 Å². The lowest BCUT2D eigenvalue weighted by molar-refractivity contribution is 0.261. The number of nitrogens with zero attached hydrogens (tertiary/aromatic N) is 3. The standard InChI is InChI=1S/C12H18ClN3/c1-3-16(7-10-4-5-10)8-12-14-9(2)6-11(13)15-12/h6,10H,3-5,7-8H2,1-2H3. The molecule has 0 amide bonds. The van der Waals surface area contributed by atoms with E-state index in [0.29, 0.717) is 5.15 Å². The van der Waals surface area contributed by atoms with E-state index in [1.165, 1.54) is 19.4 Å². The zero-order valence-electron chi connectivity index (χ0n) is 9.91. The molecule has 1 aliphatic carbocycles. The summed E-state index contributed by atoms with van der Waals surface area (Å²) in [4.78, 5) is 11.1. The lowest BCUT2D eigenvalue weighted by atomic mass is 10.3. The van der Waals surface area contributed by atoms with Crippen molar-refractivity contribution in [1.29, 1.82) is 0 Å². The maximum Gasteiger partial charge on any atom is 0.144 e. The van der Waals surface area contributed by atoms with Crippen molar-refractivity contribution in [1.82, 2.24) is 14.9 Å². The molecular formula is C12H18ClN3. The summed E-state index contributed by atoms with van der Waals surface area (Å²) in [6.07, 6.45) is 2.76. The Hall–Kier alpha value is -0.670. The molecule has 0 aromatic carbocycles. The molecule has 1 aromatic heterocycles. The Morgan fingerprint density at radius 1 is 1.44 bits per heavy atom. The molecular weight excluding hydrogens is 222 g/mol. The molecule has 0 radical (unpaired) electrons. The highest BCUT2D eigenvalue weighted by Gasteiger charge is 2.24. The fraction of sp³-hybridized carbons (Fsp3) is 0.667. The minimum absolute atomic E-state index is 0.546. The van der Waals surface area contributed by atoms with Gasteiger partial charge < -0.3 is 0 Å². The molecule has 3 nitrogen and oxygen atoms in total. The molecule has 1 saturated carbocycles. The summed E-state index contributed by atoms with van der Waals surface area (Å²) in [5.74, 6) is 1.74. The Bertz CT molecular complexity index is 343. The molecule has 1 aliphatic rings. The first-order chi connectivity index (χ1) is 7.67. The van der Waals surface area contributed by atoms with Gasteiger partial charge in [0.1, 0.15) is 11.0 Å². The number of hydrogen-bond acceptors (Lipinski definition) is 3. The number of rotatable bonds is 5. The second-order valence-electron chi connectivity index (χ2n) is 4.52. The fourth-order valence-electron chi connectivity index (χ4n) is 1.83. The number of halogens is 1. The molecule has 0 aliphatic heterocycles. The molecule has 1 aromatic rings. The van der Waals surface area contributed by atoms with Crippen molar-refractivity contribution in [3.63, 3.8) is 0 Å². The largest absolute Gasteiger partial charge is 0.296 e. The van der Waals surface area contributed by atoms with E-state index in [1.54, 1.807) is 6.07 Å². The van der Waals surface area contributed by atoms with Crippen molar-refractivity contribution in [3.8, 4) is 0 Å². The van der Waals surface area contributed by atoms with Gasteiger partial charge in [-0.05, 0) is 38.3 Å². The van der Waals surface area contributed by atoms with Crippen LogP contribution in [-0.4, -0.2) is 28.0 Å². The van der Waals surface area contributed by atoms with E-state index in [9.17, 15) is 0 Å². The molecule has 0 bridgehead atoms. The molecule has 4 heteroatoms. The first-order valence-corrected chi connectivity index (χ1v) is 6.27. The lowest BCUT2D eigenvalue weighted by Crippen LogP contribution is -2.26. The average Bonchev–Trinajstić information content (AvgIpc) is 2.99. The van der Waals surface area contributed by atoms with Gasteiger partial charge >= 0.3 is 0 Å². The van der Waals surface area contributed by atoms with Gasteiger partial charge in [0.2, 0.25) is 0 Å². The maximum absolute atomic E-state index is 5.93. The summed E-state index contributed by atoms with van der Waals surface area (Å²) >= 11 is 5.93. The molecule has 0 atom stereocenters. The summed E-state index contributed by atoms with van der Waals surface area (Å²) < 4.78 is 0. The lowest BCUT2D eigenvalue weighted by Gasteiger charge is -2.19. The molecule has 2 rings (SSSR count). The normalized spacial score (nSPS) is 15.8. The quantitative estimate of drug-likeness (QED) is 0.740. The van der Waals surface area contributed by atoms with Gasteiger partial charge in [0.25, 0.3) is 0 Å². The highest BCUT2D eigenvalue weighted by molar-refractivity contribution is 6.29. The van der Waals surface area contributed by atoms with Crippen LogP contribution in [0, 0.1) is 12.8 Å². The first-order valence-electron chi connectivity index (χ1n) is 5.89. The molecule has 0 unspecified atom stereocenters. The highest BCUT2D eigenvalue weighted by Crippen LogP contribution is 2.29. The van der Waals surface area contributed by atoms with Gasteiger partial charge in [-0.25, -0.2) is 9.97 Å². The number of aromatic nitrogens is 2. The summed E-state index contributed by atoms with van der Waals surface area (Å²) in [6.45, 7) is 7.17. The third-order valence-corrected chi connectivity index (χ3v) is 3.09. The van der Waals surface area contributed by atoms with Crippen LogP contribution < -0.4 is 0 Å². The van der Waals surface area contributed by atoms with Crippen molar-refractivity contribution >= 4 is 11.6 Å². The summed E-state index contributed by atoms with van der Waals surface area (Å²) in [5, 5.41) is 0.546. The minimum atomic E-state index is 0.546. The monoisotopic (exact) mass is 239 g/mol. The number of aryl methyl sites for hydroxylation is 1. The minimum Gasteiger partial charge on any atom is -0.296 e. The zero-order chi connectivity index (χ0) is 11.5. The van der Waals surface area contributed by atoms with Crippen molar-refractivity contribution < 1.29 is 0 Å². The molecule has 16 heavy (non-hydrogen) atoms. The van der Waals surface area contributed by atoms with E-state index in [1.807, 2.05) is 6.92 Å². The molecule has 0 saturated heterocycles. The predicted molar refractivity (Wildman–Crippen MR) is 65.5 cm³/mol. The van der Waals surface area contributed by atoms with Crippen LogP contribution in [0.3, 0.4) is 0 Å². The van der Waals surface area contributed by atoms with E-state index in [0.717, 1.165) is 30.5 Å². The van der Waals surface area contributed by atoms with E-state index < -0.39 is 0 Å². The Balaban J connectivity index is 1.99. The van der Waals surface area contributed by atoms with Crippen molar-refractivity contribution in [2.75, 3.05) is 13.1 Å². The van der Waals surface area contributed by atoms with Gasteiger partial charge in [0, 0.05) is 12.2 Å². The van der Waals surface area contributed by atoms with Crippen LogP contribution in [0.4, 0.5) is 0 Å². The van der Waals surface area contributed by atoms with Crippen LogP contribution in [0.15, 0.2) is 6.07 Å². The van der Waals surface area contributed by atoms with Crippen LogP contribution in [0.25, 0.3) is 0 Å². The van der Waals surface area contributed by atoms with Gasteiger partial charge in [-0.2, -0.15) is 0 Å². The van der Waals surface area contributed by atoms with Gasteiger partial charge in [0.15, 0.2) is 0 Å². The Morgan fingerprint density at radius 3 is 2.75 bits per heavy atom. The van der Waals surface area contributed by atoms with Crippen molar-refractivity contribution in [3.05, 3.63) is 22.7 Å². The summed E-state index contributed by atoms with van der Waals surface area (Å²) in [6, 6.07) is 1.79. The van der Waals surface area contributed by atoms with Crippen molar-refractivity contribution in [2.24, 2.45) is 5.92 Å². The third kappa shape index (κ3) is 3.42. The summed E-state index contributed by atoms with van der Waals surface area (Å²) in [7, 11) is 0. The highest BCUT2D eigenvalue weighted by atomic mass is 35.5. The van der Waals surface area contributed by atoms with Gasteiger partial charge in [-0.15, -0.1) is 0 Å². The Kier molecular flexibility index (Phi) is 3.77. The SMILES string of the molecule is CCN(Cc1nc(C)cc(Cl)n1)CC1CC1.